The van der Waals surface area contributed by atoms with Crippen molar-refractivity contribution in [2.75, 3.05) is 13.7 Å². The van der Waals surface area contributed by atoms with E-state index < -0.39 is 18.1 Å². The van der Waals surface area contributed by atoms with E-state index in [-0.39, 0.29) is 19.1 Å². The van der Waals surface area contributed by atoms with Crippen LogP contribution in [0.4, 0.5) is 4.79 Å². The van der Waals surface area contributed by atoms with Crippen LogP contribution in [0.1, 0.15) is 19.3 Å². The molecule has 2 atom stereocenters. The van der Waals surface area contributed by atoms with Crippen molar-refractivity contribution in [1.29, 1.82) is 0 Å². The molecular formula is C12H19NO5. The van der Waals surface area contributed by atoms with Crippen LogP contribution in [0.5, 0.6) is 0 Å². The van der Waals surface area contributed by atoms with Gasteiger partial charge >= 0.3 is 12.1 Å². The molecule has 1 aliphatic rings. The van der Waals surface area contributed by atoms with Crippen LogP contribution in [0.15, 0.2) is 12.7 Å². The minimum atomic E-state index is -1.09. The predicted octanol–water partition coefficient (Wildman–Crippen LogP) is 1.17. The number of amides is 1. The van der Waals surface area contributed by atoms with Crippen LogP contribution in [0, 0.1) is 5.92 Å². The lowest BCUT2D eigenvalue weighted by atomic mass is 10.1. The van der Waals surface area contributed by atoms with Crippen molar-refractivity contribution in [3.63, 3.8) is 0 Å². The molecule has 6 nitrogen and oxygen atoms in total. The molecule has 1 rings (SSSR count). The summed E-state index contributed by atoms with van der Waals surface area (Å²) in [7, 11) is 1.55. The lowest BCUT2D eigenvalue weighted by Gasteiger charge is -2.20. The molecule has 0 aromatic heterocycles. The van der Waals surface area contributed by atoms with E-state index in [0.717, 1.165) is 12.8 Å². The molecule has 6 heteroatoms. The van der Waals surface area contributed by atoms with Crippen molar-refractivity contribution in [2.45, 2.75) is 31.4 Å². The number of carboxylic acid groups (broad SMARTS) is 1. The first-order valence-electron chi connectivity index (χ1n) is 5.88. The molecule has 1 amide bonds. The number of rotatable bonds is 8. The van der Waals surface area contributed by atoms with Gasteiger partial charge in [-0.25, -0.2) is 9.59 Å². The van der Waals surface area contributed by atoms with E-state index in [4.69, 9.17) is 14.6 Å². The highest BCUT2D eigenvalue weighted by Gasteiger charge is 2.35. The van der Waals surface area contributed by atoms with Crippen LogP contribution in [0.2, 0.25) is 0 Å². The number of aliphatic carboxylic acids is 1. The van der Waals surface area contributed by atoms with Gasteiger partial charge in [-0.1, -0.05) is 12.7 Å². The Bertz CT molecular complexity index is 314. The van der Waals surface area contributed by atoms with Gasteiger partial charge in [-0.2, -0.15) is 0 Å². The number of ether oxygens (including phenoxy) is 2. The highest BCUT2D eigenvalue weighted by atomic mass is 16.5. The van der Waals surface area contributed by atoms with Crippen molar-refractivity contribution < 1.29 is 24.2 Å². The number of hydrogen-bond donors (Lipinski definition) is 2. The molecule has 0 aromatic carbocycles. The third-order valence-corrected chi connectivity index (χ3v) is 2.84. The van der Waals surface area contributed by atoms with Gasteiger partial charge in [0.05, 0.1) is 6.10 Å². The fourth-order valence-corrected chi connectivity index (χ4v) is 1.72. The Morgan fingerprint density at radius 3 is 2.67 bits per heavy atom. The molecule has 2 N–H and O–H groups in total. The monoisotopic (exact) mass is 257 g/mol. The molecule has 102 valence electrons. The van der Waals surface area contributed by atoms with Crippen molar-refractivity contribution in [1.82, 2.24) is 5.32 Å². The summed E-state index contributed by atoms with van der Waals surface area (Å²) < 4.78 is 9.94. The summed E-state index contributed by atoms with van der Waals surface area (Å²) in [5.41, 5.74) is 0. The highest BCUT2D eigenvalue weighted by Crippen LogP contribution is 2.36. The lowest BCUT2D eigenvalue weighted by Crippen LogP contribution is -2.43. The number of alkyl carbamates (subject to hydrolysis) is 1. The first-order chi connectivity index (χ1) is 8.58. The molecule has 1 saturated carbocycles. The van der Waals surface area contributed by atoms with Gasteiger partial charge in [0.15, 0.2) is 0 Å². The van der Waals surface area contributed by atoms with Gasteiger partial charge in [0.25, 0.3) is 0 Å². The zero-order valence-electron chi connectivity index (χ0n) is 10.4. The molecule has 0 heterocycles. The maximum Gasteiger partial charge on any atom is 0.408 e. The number of hydrogen-bond acceptors (Lipinski definition) is 4. The molecule has 1 fully saturated rings. The van der Waals surface area contributed by atoms with Crippen LogP contribution >= 0.6 is 0 Å². The Morgan fingerprint density at radius 1 is 1.56 bits per heavy atom. The van der Waals surface area contributed by atoms with Gasteiger partial charge < -0.3 is 19.9 Å². The third kappa shape index (κ3) is 4.75. The molecule has 1 aliphatic carbocycles. The van der Waals surface area contributed by atoms with E-state index >= 15 is 0 Å². The third-order valence-electron chi connectivity index (χ3n) is 2.84. The molecule has 18 heavy (non-hydrogen) atoms. The van der Waals surface area contributed by atoms with Crippen molar-refractivity contribution >= 4 is 12.1 Å². The minimum absolute atomic E-state index is 0.0501. The first kappa shape index (κ1) is 14.5. The fourth-order valence-electron chi connectivity index (χ4n) is 1.72. The average Bonchev–Trinajstić information content (AvgIpc) is 3.15. The zero-order chi connectivity index (χ0) is 13.5. The fraction of sp³-hybridized carbons (Fsp3) is 0.667. The second-order valence-corrected chi connectivity index (χ2v) is 4.27. The van der Waals surface area contributed by atoms with Gasteiger partial charge in [-0.05, 0) is 18.8 Å². The predicted molar refractivity (Wildman–Crippen MR) is 64.2 cm³/mol. The average molecular weight is 257 g/mol. The summed E-state index contributed by atoms with van der Waals surface area (Å²) in [6.07, 6.45) is 2.87. The zero-order valence-corrected chi connectivity index (χ0v) is 10.4. The van der Waals surface area contributed by atoms with E-state index in [0.29, 0.717) is 5.92 Å². The van der Waals surface area contributed by atoms with Crippen LogP contribution in [0.25, 0.3) is 0 Å². The number of nitrogens with one attached hydrogen (secondary N) is 1. The maximum absolute atomic E-state index is 11.3. The second-order valence-electron chi connectivity index (χ2n) is 4.27. The van der Waals surface area contributed by atoms with Crippen molar-refractivity contribution in [3.8, 4) is 0 Å². The summed E-state index contributed by atoms with van der Waals surface area (Å²) in [5, 5.41) is 11.4. The number of methoxy groups -OCH3 is 1. The normalized spacial score (nSPS) is 17.6. The molecule has 0 saturated heterocycles. The van der Waals surface area contributed by atoms with E-state index in [1.807, 2.05) is 0 Å². The maximum atomic E-state index is 11.3. The molecule has 0 aliphatic heterocycles. The standard InChI is InChI=1S/C12H19NO5/c1-3-6-18-12(16)13-9(11(14)15)7-10(17-2)8-4-5-8/h3,8-10H,1,4-7H2,2H3,(H,13,16)(H,14,15). The molecular weight excluding hydrogens is 238 g/mol. The highest BCUT2D eigenvalue weighted by molar-refractivity contribution is 5.79. The Balaban J connectivity index is 2.45. The Labute approximate surface area is 106 Å². The van der Waals surface area contributed by atoms with Crippen LogP contribution < -0.4 is 5.32 Å². The molecule has 0 spiro atoms. The van der Waals surface area contributed by atoms with Crippen LogP contribution in [0.3, 0.4) is 0 Å². The van der Waals surface area contributed by atoms with Gasteiger partial charge in [-0.15, -0.1) is 0 Å². The summed E-state index contributed by atoms with van der Waals surface area (Å²) in [6.45, 7) is 3.45. The summed E-state index contributed by atoms with van der Waals surface area (Å²) in [5.74, 6) is -0.684. The van der Waals surface area contributed by atoms with Gasteiger partial charge in [-0.3, -0.25) is 0 Å². The van der Waals surface area contributed by atoms with Crippen LogP contribution in [-0.2, 0) is 14.3 Å². The molecule has 0 aromatic rings. The Kier molecular flexibility index (Phi) is 5.64. The summed E-state index contributed by atoms with van der Waals surface area (Å²) in [4.78, 5) is 22.3. The molecule has 2 unspecified atom stereocenters. The minimum Gasteiger partial charge on any atom is -0.480 e. The SMILES string of the molecule is C=CCOC(=O)NC(CC(OC)C1CC1)C(=O)O. The van der Waals surface area contributed by atoms with Crippen molar-refractivity contribution in [2.24, 2.45) is 5.92 Å². The van der Waals surface area contributed by atoms with Gasteiger partial charge in [0.1, 0.15) is 12.6 Å². The van der Waals surface area contributed by atoms with E-state index in [2.05, 4.69) is 11.9 Å². The van der Waals surface area contributed by atoms with Crippen LogP contribution in [-0.4, -0.2) is 43.0 Å². The lowest BCUT2D eigenvalue weighted by molar-refractivity contribution is -0.140. The molecule has 0 radical (unpaired) electrons. The Morgan fingerprint density at radius 2 is 2.22 bits per heavy atom. The van der Waals surface area contributed by atoms with E-state index in [1.54, 1.807) is 7.11 Å². The second kappa shape index (κ2) is 7.00. The van der Waals surface area contributed by atoms with E-state index in [1.165, 1.54) is 6.08 Å². The first-order valence-corrected chi connectivity index (χ1v) is 5.88. The largest absolute Gasteiger partial charge is 0.480 e. The summed E-state index contributed by atoms with van der Waals surface area (Å²) >= 11 is 0. The smallest absolute Gasteiger partial charge is 0.408 e. The van der Waals surface area contributed by atoms with Gasteiger partial charge in [0.2, 0.25) is 0 Å². The Hall–Kier alpha value is -1.56. The number of carbonyl (C=O) groups is 2. The topological polar surface area (TPSA) is 84.9 Å². The molecule has 0 bridgehead atoms. The summed E-state index contributed by atoms with van der Waals surface area (Å²) in [6, 6.07) is -0.993. The quantitative estimate of drug-likeness (QED) is 0.637. The number of carbonyl (C=O) groups excluding carboxylic acids is 1. The van der Waals surface area contributed by atoms with E-state index in [9.17, 15) is 9.59 Å². The number of carboxylic acids is 1. The van der Waals surface area contributed by atoms with Gasteiger partial charge in [0, 0.05) is 13.5 Å². The van der Waals surface area contributed by atoms with Crippen molar-refractivity contribution in [3.05, 3.63) is 12.7 Å².